The Bertz CT molecular complexity index is 1140. The van der Waals surface area contributed by atoms with E-state index >= 15 is 0 Å². The zero-order valence-corrected chi connectivity index (χ0v) is 36.3. The van der Waals surface area contributed by atoms with Gasteiger partial charge in [-0.1, -0.05) is 138 Å². The number of carboxylic acid groups (broad SMARTS) is 1. The molecule has 0 heterocycles. The van der Waals surface area contributed by atoms with Gasteiger partial charge in [0.2, 0.25) is 0 Å². The third-order valence-corrected chi connectivity index (χ3v) is 9.34. The summed E-state index contributed by atoms with van der Waals surface area (Å²) in [5.74, 6) is -1.80. The number of rotatable bonds is 38. The molecule has 0 aliphatic rings. The second kappa shape index (κ2) is 38.6. The summed E-state index contributed by atoms with van der Waals surface area (Å²) in [4.78, 5) is 36.8. The SMILES string of the molecule is CC/C=C/C/C=C/C/C=C/CCCCCCCCCCCCC(=O)OCC(COCCC(C(=O)[O-])[N+](C)(C)C)OC(=O)CCCC/C=C/C/C=C/C/C=C/CC. The molecule has 2 atom stereocenters. The number of esters is 2. The maximum absolute atomic E-state index is 12.7. The quantitative estimate of drug-likeness (QED) is 0.0266. The van der Waals surface area contributed by atoms with Gasteiger partial charge in [0.05, 0.1) is 40.3 Å². The first-order valence-electron chi connectivity index (χ1n) is 22.0. The fraction of sp³-hybridized carbons (Fsp3) is 0.688. The minimum absolute atomic E-state index is 0.0207. The van der Waals surface area contributed by atoms with Crippen molar-refractivity contribution >= 4 is 17.9 Å². The molecule has 0 aliphatic heterocycles. The van der Waals surface area contributed by atoms with Crippen molar-refractivity contribution in [2.75, 3.05) is 41.0 Å². The van der Waals surface area contributed by atoms with Gasteiger partial charge >= 0.3 is 11.9 Å². The van der Waals surface area contributed by atoms with Gasteiger partial charge in [-0.05, 0) is 77.0 Å². The Morgan fingerprint density at radius 2 is 0.946 bits per heavy atom. The molecule has 8 heteroatoms. The zero-order valence-electron chi connectivity index (χ0n) is 36.3. The first kappa shape index (κ1) is 52.8. The highest BCUT2D eigenvalue weighted by Crippen LogP contribution is 2.14. The van der Waals surface area contributed by atoms with Crippen LogP contribution in [0.4, 0.5) is 0 Å². The monoisotopic (exact) mass is 784 g/mol. The average Bonchev–Trinajstić information content (AvgIpc) is 3.15. The molecule has 0 rings (SSSR count). The Labute approximate surface area is 342 Å². The van der Waals surface area contributed by atoms with Crippen LogP contribution in [0.25, 0.3) is 0 Å². The molecule has 2 unspecified atom stereocenters. The van der Waals surface area contributed by atoms with Crippen molar-refractivity contribution in [3.8, 4) is 0 Å². The van der Waals surface area contributed by atoms with Crippen LogP contribution >= 0.6 is 0 Å². The Morgan fingerprint density at radius 1 is 0.536 bits per heavy atom. The van der Waals surface area contributed by atoms with Crippen molar-refractivity contribution in [1.82, 2.24) is 0 Å². The van der Waals surface area contributed by atoms with Gasteiger partial charge in [0.25, 0.3) is 0 Å². The molecule has 0 aromatic rings. The summed E-state index contributed by atoms with van der Waals surface area (Å²) in [7, 11) is 5.38. The number of nitrogens with zero attached hydrogens (tertiary/aromatic N) is 1. The summed E-state index contributed by atoms with van der Waals surface area (Å²) >= 11 is 0. The highest BCUT2D eigenvalue weighted by Gasteiger charge is 2.25. The molecule has 0 radical (unpaired) electrons. The minimum Gasteiger partial charge on any atom is -0.544 e. The predicted molar refractivity (Wildman–Crippen MR) is 231 cm³/mol. The highest BCUT2D eigenvalue weighted by molar-refractivity contribution is 5.70. The van der Waals surface area contributed by atoms with Crippen LogP contribution in [-0.2, 0) is 28.6 Å². The Hall–Kier alpha value is -3.23. The average molecular weight is 784 g/mol. The molecule has 320 valence electrons. The van der Waals surface area contributed by atoms with E-state index in [1.807, 2.05) is 0 Å². The molecular formula is C48H81NO7. The molecule has 0 fully saturated rings. The number of carbonyl (C=O) groups is 3. The minimum atomic E-state index is -1.13. The molecule has 0 saturated carbocycles. The van der Waals surface area contributed by atoms with Crippen molar-refractivity contribution in [3.05, 3.63) is 72.9 Å². The number of likely N-dealkylation sites (N-methyl/N-ethyl adjacent to an activating group) is 1. The van der Waals surface area contributed by atoms with Gasteiger partial charge in [0.1, 0.15) is 12.6 Å². The predicted octanol–water partition coefficient (Wildman–Crippen LogP) is 10.6. The second-order valence-electron chi connectivity index (χ2n) is 15.5. The fourth-order valence-corrected chi connectivity index (χ4v) is 5.98. The Morgan fingerprint density at radius 3 is 1.43 bits per heavy atom. The third-order valence-electron chi connectivity index (χ3n) is 9.34. The first-order chi connectivity index (χ1) is 27.1. The van der Waals surface area contributed by atoms with Gasteiger partial charge in [0, 0.05) is 19.3 Å². The Kier molecular flexibility index (Phi) is 36.4. The van der Waals surface area contributed by atoms with Gasteiger partial charge in [0.15, 0.2) is 6.10 Å². The van der Waals surface area contributed by atoms with Crippen LogP contribution in [0.2, 0.25) is 0 Å². The smallest absolute Gasteiger partial charge is 0.306 e. The number of unbranched alkanes of at least 4 members (excludes halogenated alkanes) is 12. The molecule has 0 aromatic carbocycles. The summed E-state index contributed by atoms with van der Waals surface area (Å²) in [5, 5.41) is 11.6. The van der Waals surface area contributed by atoms with Gasteiger partial charge < -0.3 is 28.6 Å². The number of carboxylic acids is 1. The molecule has 56 heavy (non-hydrogen) atoms. The maximum Gasteiger partial charge on any atom is 0.306 e. The zero-order chi connectivity index (χ0) is 41.4. The molecule has 0 N–H and O–H groups in total. The van der Waals surface area contributed by atoms with Gasteiger partial charge in [-0.2, -0.15) is 0 Å². The fourth-order valence-electron chi connectivity index (χ4n) is 5.98. The van der Waals surface area contributed by atoms with E-state index in [1.54, 1.807) is 21.1 Å². The van der Waals surface area contributed by atoms with E-state index in [-0.39, 0.29) is 49.1 Å². The molecule has 0 spiro atoms. The van der Waals surface area contributed by atoms with Gasteiger partial charge in [-0.15, -0.1) is 0 Å². The van der Waals surface area contributed by atoms with Crippen molar-refractivity contribution in [3.63, 3.8) is 0 Å². The number of allylic oxidation sites excluding steroid dienone is 12. The summed E-state index contributed by atoms with van der Waals surface area (Å²) in [5.41, 5.74) is 0. The van der Waals surface area contributed by atoms with E-state index in [4.69, 9.17) is 14.2 Å². The summed E-state index contributed by atoms with van der Waals surface area (Å²) < 4.78 is 17.1. The van der Waals surface area contributed by atoms with Gasteiger partial charge in [-0.25, -0.2) is 0 Å². The summed E-state index contributed by atoms with van der Waals surface area (Å²) in [6.07, 6.45) is 47.9. The molecular weight excluding hydrogens is 703 g/mol. The molecule has 0 saturated heterocycles. The number of quaternary nitrogens is 1. The van der Waals surface area contributed by atoms with E-state index in [0.29, 0.717) is 12.8 Å². The number of ether oxygens (including phenoxy) is 3. The van der Waals surface area contributed by atoms with E-state index in [0.717, 1.165) is 70.6 Å². The third kappa shape index (κ3) is 36.4. The number of hydrogen-bond acceptors (Lipinski definition) is 7. The van der Waals surface area contributed by atoms with E-state index < -0.39 is 18.1 Å². The maximum atomic E-state index is 12.7. The molecule has 0 bridgehead atoms. The lowest BCUT2D eigenvalue weighted by atomic mass is 10.1. The van der Waals surface area contributed by atoms with Gasteiger partial charge in [-0.3, -0.25) is 9.59 Å². The van der Waals surface area contributed by atoms with Crippen LogP contribution in [0.1, 0.15) is 162 Å². The normalized spacial score (nSPS) is 13.7. The standard InChI is InChI=1S/C48H81NO7/c1-6-8-10-12-14-16-18-20-21-22-23-24-25-26-27-29-30-32-34-36-38-46(50)55-43-44(42-54-41-40-45(48(52)53)49(3,4)5)56-47(51)39-37-35-33-31-28-19-17-15-13-11-9-7-2/h8-11,14-17,20-21,28,31,44-45H,6-7,12-13,18-19,22-27,29-30,32-43H2,1-5H3/b10-8+,11-9+,16-14+,17-15+,21-20+,31-28+. The van der Waals surface area contributed by atoms with Crippen LogP contribution in [0, 0.1) is 0 Å². The van der Waals surface area contributed by atoms with Crippen LogP contribution in [0.15, 0.2) is 72.9 Å². The van der Waals surface area contributed by atoms with Crippen molar-refractivity contribution < 1.29 is 38.2 Å². The molecule has 0 aromatic heterocycles. The molecule has 0 aliphatic carbocycles. The number of aliphatic carboxylic acids is 1. The van der Waals surface area contributed by atoms with Crippen molar-refractivity contribution in [2.45, 2.75) is 174 Å². The highest BCUT2D eigenvalue weighted by atomic mass is 16.6. The van der Waals surface area contributed by atoms with Crippen LogP contribution in [-0.4, -0.2) is 75.5 Å². The summed E-state index contributed by atoms with van der Waals surface area (Å²) in [6.45, 7) is 4.37. The lowest BCUT2D eigenvalue weighted by Gasteiger charge is -2.34. The van der Waals surface area contributed by atoms with Crippen LogP contribution < -0.4 is 5.11 Å². The van der Waals surface area contributed by atoms with Crippen molar-refractivity contribution in [2.24, 2.45) is 0 Å². The number of hydrogen-bond donors (Lipinski definition) is 0. The summed E-state index contributed by atoms with van der Waals surface area (Å²) in [6, 6.07) is -0.735. The largest absolute Gasteiger partial charge is 0.544 e. The molecule has 0 amide bonds. The lowest BCUT2D eigenvalue weighted by molar-refractivity contribution is -0.889. The van der Waals surface area contributed by atoms with E-state index in [2.05, 4.69) is 86.8 Å². The van der Waals surface area contributed by atoms with Crippen LogP contribution in [0.5, 0.6) is 0 Å². The molecule has 8 nitrogen and oxygen atoms in total. The van der Waals surface area contributed by atoms with Crippen molar-refractivity contribution in [1.29, 1.82) is 0 Å². The van der Waals surface area contributed by atoms with Crippen LogP contribution in [0.3, 0.4) is 0 Å². The Balaban J connectivity index is 4.33. The first-order valence-corrected chi connectivity index (χ1v) is 22.0. The lowest BCUT2D eigenvalue weighted by Crippen LogP contribution is -2.55. The second-order valence-corrected chi connectivity index (χ2v) is 15.5. The van der Waals surface area contributed by atoms with E-state index in [1.165, 1.54) is 51.4 Å². The topological polar surface area (TPSA) is 102 Å². The number of carbonyl (C=O) groups excluding carboxylic acids is 3. The van der Waals surface area contributed by atoms with E-state index in [9.17, 15) is 19.5 Å².